The first-order chi connectivity index (χ1) is 8.16. The lowest BCUT2D eigenvalue weighted by Gasteiger charge is -2.11. The largest absolute Gasteiger partial charge is 0.377 e. The lowest BCUT2D eigenvalue weighted by molar-refractivity contribution is 1.01. The van der Waals surface area contributed by atoms with Gasteiger partial charge in [0, 0.05) is 21.3 Å². The van der Waals surface area contributed by atoms with E-state index in [4.69, 9.17) is 0 Å². The van der Waals surface area contributed by atoms with Crippen molar-refractivity contribution in [3.05, 3.63) is 50.9 Å². The first kappa shape index (κ1) is 12.5. The standard InChI is InChI=1S/C12H11Br2N3/c1-8-4-10(13)12(11(14)5-8)17-7-9-6-15-2-3-16-9/h2-6,17H,7H2,1H3. The van der Waals surface area contributed by atoms with Gasteiger partial charge in [-0.15, -0.1) is 0 Å². The summed E-state index contributed by atoms with van der Waals surface area (Å²) in [5, 5.41) is 3.33. The number of rotatable bonds is 3. The Morgan fingerprint density at radius 3 is 2.47 bits per heavy atom. The Hall–Kier alpha value is -0.940. The van der Waals surface area contributed by atoms with E-state index in [2.05, 4.69) is 66.2 Å². The predicted octanol–water partition coefficient (Wildman–Crippen LogP) is 3.92. The average molecular weight is 357 g/mol. The summed E-state index contributed by atoms with van der Waals surface area (Å²) in [6.45, 7) is 2.70. The second-order valence-electron chi connectivity index (χ2n) is 3.65. The van der Waals surface area contributed by atoms with Gasteiger partial charge in [0.2, 0.25) is 0 Å². The Labute approximate surface area is 117 Å². The van der Waals surface area contributed by atoms with E-state index in [1.807, 2.05) is 0 Å². The summed E-state index contributed by atoms with van der Waals surface area (Å²) >= 11 is 7.09. The van der Waals surface area contributed by atoms with Gasteiger partial charge in [-0.25, -0.2) is 0 Å². The van der Waals surface area contributed by atoms with Gasteiger partial charge in [-0.3, -0.25) is 9.97 Å². The molecule has 0 aliphatic heterocycles. The predicted molar refractivity (Wildman–Crippen MR) is 75.9 cm³/mol. The molecule has 88 valence electrons. The zero-order valence-corrected chi connectivity index (χ0v) is 12.4. The first-order valence-electron chi connectivity index (χ1n) is 5.11. The van der Waals surface area contributed by atoms with E-state index in [-0.39, 0.29) is 0 Å². The van der Waals surface area contributed by atoms with Crippen LogP contribution in [0.1, 0.15) is 11.3 Å². The fourth-order valence-electron chi connectivity index (χ4n) is 1.47. The number of nitrogens with zero attached hydrogens (tertiary/aromatic N) is 2. The summed E-state index contributed by atoms with van der Waals surface area (Å²) in [6, 6.07) is 4.15. The van der Waals surface area contributed by atoms with Crippen LogP contribution in [0, 0.1) is 6.92 Å². The second kappa shape index (κ2) is 5.60. The molecular formula is C12H11Br2N3. The van der Waals surface area contributed by atoms with E-state index in [1.54, 1.807) is 18.6 Å². The van der Waals surface area contributed by atoms with Crippen molar-refractivity contribution < 1.29 is 0 Å². The highest BCUT2D eigenvalue weighted by Crippen LogP contribution is 2.32. The summed E-state index contributed by atoms with van der Waals surface area (Å²) in [5.74, 6) is 0. The SMILES string of the molecule is Cc1cc(Br)c(NCc2cnccn2)c(Br)c1. The lowest BCUT2D eigenvalue weighted by atomic mass is 10.2. The maximum atomic E-state index is 4.22. The Morgan fingerprint density at radius 1 is 1.18 bits per heavy atom. The van der Waals surface area contributed by atoms with E-state index in [0.717, 1.165) is 20.3 Å². The zero-order chi connectivity index (χ0) is 12.3. The fourth-order valence-corrected chi connectivity index (χ4v) is 3.16. The van der Waals surface area contributed by atoms with Crippen LogP contribution in [0.5, 0.6) is 0 Å². The number of benzene rings is 1. The molecule has 0 radical (unpaired) electrons. The lowest BCUT2D eigenvalue weighted by Crippen LogP contribution is -2.03. The molecule has 0 saturated heterocycles. The molecule has 0 atom stereocenters. The van der Waals surface area contributed by atoms with Crippen molar-refractivity contribution >= 4 is 37.5 Å². The molecule has 1 aromatic heterocycles. The van der Waals surface area contributed by atoms with Crippen LogP contribution < -0.4 is 5.32 Å². The molecule has 0 bridgehead atoms. The van der Waals surface area contributed by atoms with Crippen LogP contribution in [0.15, 0.2) is 39.7 Å². The van der Waals surface area contributed by atoms with E-state index >= 15 is 0 Å². The van der Waals surface area contributed by atoms with E-state index in [9.17, 15) is 0 Å². The summed E-state index contributed by atoms with van der Waals surface area (Å²) in [7, 11) is 0. The van der Waals surface area contributed by atoms with Crippen LogP contribution >= 0.6 is 31.9 Å². The van der Waals surface area contributed by atoms with Crippen molar-refractivity contribution in [3.63, 3.8) is 0 Å². The minimum Gasteiger partial charge on any atom is -0.377 e. The third-order valence-electron chi connectivity index (χ3n) is 2.25. The molecule has 0 saturated carbocycles. The Bertz CT molecular complexity index is 491. The molecule has 0 fully saturated rings. The van der Waals surface area contributed by atoms with Crippen molar-refractivity contribution in [2.45, 2.75) is 13.5 Å². The number of hydrogen-bond acceptors (Lipinski definition) is 3. The molecule has 2 rings (SSSR count). The van der Waals surface area contributed by atoms with E-state index in [1.165, 1.54) is 5.56 Å². The molecule has 5 heteroatoms. The van der Waals surface area contributed by atoms with Crippen LogP contribution in [-0.2, 0) is 6.54 Å². The molecular weight excluding hydrogens is 346 g/mol. The number of aromatic nitrogens is 2. The van der Waals surface area contributed by atoms with Crippen molar-refractivity contribution in [1.82, 2.24) is 9.97 Å². The molecule has 0 spiro atoms. The topological polar surface area (TPSA) is 37.8 Å². The maximum absolute atomic E-state index is 4.22. The third kappa shape index (κ3) is 3.26. The van der Waals surface area contributed by atoms with Gasteiger partial charge in [-0.2, -0.15) is 0 Å². The van der Waals surface area contributed by atoms with Gasteiger partial charge in [-0.05, 0) is 56.5 Å². The summed E-state index contributed by atoms with van der Waals surface area (Å²) < 4.78 is 2.07. The normalized spacial score (nSPS) is 10.3. The van der Waals surface area contributed by atoms with Crippen molar-refractivity contribution in [3.8, 4) is 0 Å². The quantitative estimate of drug-likeness (QED) is 0.905. The minimum absolute atomic E-state index is 0.647. The molecule has 0 unspecified atom stereocenters. The monoisotopic (exact) mass is 355 g/mol. The van der Waals surface area contributed by atoms with Crippen LogP contribution in [0.3, 0.4) is 0 Å². The van der Waals surface area contributed by atoms with Crippen molar-refractivity contribution in [2.75, 3.05) is 5.32 Å². The van der Waals surface area contributed by atoms with Crippen molar-refractivity contribution in [2.24, 2.45) is 0 Å². The highest BCUT2D eigenvalue weighted by molar-refractivity contribution is 9.11. The third-order valence-corrected chi connectivity index (χ3v) is 3.50. The highest BCUT2D eigenvalue weighted by atomic mass is 79.9. The van der Waals surface area contributed by atoms with Gasteiger partial charge in [-0.1, -0.05) is 0 Å². The Kier molecular flexibility index (Phi) is 4.12. The van der Waals surface area contributed by atoms with Crippen LogP contribution in [-0.4, -0.2) is 9.97 Å². The van der Waals surface area contributed by atoms with Gasteiger partial charge in [0.1, 0.15) is 0 Å². The zero-order valence-electron chi connectivity index (χ0n) is 9.24. The molecule has 0 amide bonds. The molecule has 1 aromatic carbocycles. The maximum Gasteiger partial charge on any atom is 0.0777 e. The number of hydrogen-bond donors (Lipinski definition) is 1. The van der Waals surface area contributed by atoms with Gasteiger partial charge in [0.25, 0.3) is 0 Å². The van der Waals surface area contributed by atoms with E-state index in [0.29, 0.717) is 6.54 Å². The Morgan fingerprint density at radius 2 is 1.88 bits per heavy atom. The van der Waals surface area contributed by atoms with Crippen LogP contribution in [0.2, 0.25) is 0 Å². The number of anilines is 1. The number of nitrogens with one attached hydrogen (secondary N) is 1. The summed E-state index contributed by atoms with van der Waals surface area (Å²) in [6.07, 6.45) is 5.11. The molecule has 2 aromatic rings. The Balaban J connectivity index is 2.15. The number of halogens is 2. The van der Waals surface area contributed by atoms with Crippen LogP contribution in [0.4, 0.5) is 5.69 Å². The minimum atomic E-state index is 0.647. The summed E-state index contributed by atoms with van der Waals surface area (Å²) in [5.41, 5.74) is 3.14. The molecule has 1 heterocycles. The second-order valence-corrected chi connectivity index (χ2v) is 5.36. The van der Waals surface area contributed by atoms with Gasteiger partial charge in [0.15, 0.2) is 0 Å². The number of aryl methyl sites for hydroxylation is 1. The average Bonchev–Trinajstić information content (AvgIpc) is 2.29. The molecule has 0 aliphatic carbocycles. The molecule has 1 N–H and O–H groups in total. The molecule has 17 heavy (non-hydrogen) atoms. The van der Waals surface area contributed by atoms with Gasteiger partial charge < -0.3 is 5.32 Å². The van der Waals surface area contributed by atoms with Gasteiger partial charge in [0.05, 0.1) is 24.1 Å². The molecule has 0 aliphatic rings. The smallest absolute Gasteiger partial charge is 0.0777 e. The first-order valence-corrected chi connectivity index (χ1v) is 6.70. The van der Waals surface area contributed by atoms with Gasteiger partial charge >= 0.3 is 0 Å². The van der Waals surface area contributed by atoms with Crippen LogP contribution in [0.25, 0.3) is 0 Å². The highest BCUT2D eigenvalue weighted by Gasteiger charge is 2.06. The molecule has 3 nitrogen and oxygen atoms in total. The van der Waals surface area contributed by atoms with Crippen molar-refractivity contribution in [1.29, 1.82) is 0 Å². The fraction of sp³-hybridized carbons (Fsp3) is 0.167. The summed E-state index contributed by atoms with van der Waals surface area (Å²) in [4.78, 5) is 8.25. The van der Waals surface area contributed by atoms with E-state index < -0.39 is 0 Å².